The Balaban J connectivity index is 2.96. The van der Waals surface area contributed by atoms with Crippen molar-refractivity contribution in [3.05, 3.63) is 62.5 Å². The SMILES string of the molecule is C=CC[N+](CC=C)(CC=C)N1C=CCC=C1. The van der Waals surface area contributed by atoms with E-state index >= 15 is 0 Å². The minimum absolute atomic E-state index is 0.753. The average Bonchev–Trinajstić information content (AvgIpc) is 2.31. The van der Waals surface area contributed by atoms with Crippen LogP contribution in [0.4, 0.5) is 0 Å². The maximum atomic E-state index is 3.85. The molecule has 86 valence electrons. The van der Waals surface area contributed by atoms with E-state index in [1.807, 2.05) is 18.2 Å². The minimum atomic E-state index is 0.753. The van der Waals surface area contributed by atoms with Crippen LogP contribution in [0.25, 0.3) is 0 Å². The Labute approximate surface area is 98.7 Å². The molecule has 1 aliphatic rings. The highest BCUT2D eigenvalue weighted by molar-refractivity contribution is 4.99. The third kappa shape index (κ3) is 2.74. The molecule has 0 aliphatic carbocycles. The molecule has 1 rings (SSSR count). The van der Waals surface area contributed by atoms with Crippen LogP contribution in [0.3, 0.4) is 0 Å². The highest BCUT2D eigenvalue weighted by atomic mass is 15.7. The predicted octanol–water partition coefficient (Wildman–Crippen LogP) is 3.01. The van der Waals surface area contributed by atoms with E-state index in [0.29, 0.717) is 0 Å². The number of rotatable bonds is 7. The van der Waals surface area contributed by atoms with Gasteiger partial charge < -0.3 is 0 Å². The minimum Gasteiger partial charge on any atom is -0.207 e. The molecule has 0 radical (unpaired) electrons. The molecule has 16 heavy (non-hydrogen) atoms. The number of nitrogens with zero attached hydrogens (tertiary/aromatic N) is 2. The molecule has 0 aromatic carbocycles. The van der Waals surface area contributed by atoms with E-state index in [9.17, 15) is 0 Å². The predicted molar refractivity (Wildman–Crippen MR) is 70.2 cm³/mol. The van der Waals surface area contributed by atoms with Gasteiger partial charge >= 0.3 is 0 Å². The fourth-order valence-corrected chi connectivity index (χ4v) is 1.98. The highest BCUT2D eigenvalue weighted by Crippen LogP contribution is 2.18. The van der Waals surface area contributed by atoms with Gasteiger partial charge in [-0.15, -0.1) is 0 Å². The summed E-state index contributed by atoms with van der Waals surface area (Å²) >= 11 is 0. The first-order valence-electron chi connectivity index (χ1n) is 5.60. The quantitative estimate of drug-likeness (QED) is 0.468. The smallest absolute Gasteiger partial charge is 0.120 e. The molecule has 0 saturated carbocycles. The third-order valence-electron chi connectivity index (χ3n) is 2.69. The summed E-state index contributed by atoms with van der Waals surface area (Å²) in [4.78, 5) is 0. The van der Waals surface area contributed by atoms with Crippen LogP contribution < -0.4 is 0 Å². The van der Waals surface area contributed by atoms with Crippen LogP contribution >= 0.6 is 0 Å². The molecule has 0 bridgehead atoms. The lowest BCUT2D eigenvalue weighted by Crippen LogP contribution is -2.56. The Kier molecular flexibility index (Phi) is 4.80. The molecule has 0 fully saturated rings. The molecule has 0 saturated heterocycles. The van der Waals surface area contributed by atoms with Crippen molar-refractivity contribution in [1.29, 1.82) is 0 Å². The van der Waals surface area contributed by atoms with E-state index in [4.69, 9.17) is 0 Å². The second kappa shape index (κ2) is 6.13. The van der Waals surface area contributed by atoms with Crippen LogP contribution in [-0.4, -0.2) is 29.2 Å². The molecular formula is C14H21N2+. The van der Waals surface area contributed by atoms with Gasteiger partial charge in [0.15, 0.2) is 0 Å². The van der Waals surface area contributed by atoms with Crippen molar-refractivity contribution in [2.45, 2.75) is 6.42 Å². The van der Waals surface area contributed by atoms with Gasteiger partial charge in [0.1, 0.15) is 19.6 Å². The second-order valence-electron chi connectivity index (χ2n) is 3.89. The fourth-order valence-electron chi connectivity index (χ4n) is 1.98. The first-order valence-corrected chi connectivity index (χ1v) is 5.60. The standard InChI is InChI=1S/C14H21N2/c1-4-12-16(13-5-2,14-6-3)15-10-8-7-9-11-15/h4-6,8-11H,1-3,7,12-14H2/q+1. The molecule has 0 unspecified atom stereocenters. The number of hydrogen-bond donors (Lipinski definition) is 0. The summed E-state index contributed by atoms with van der Waals surface area (Å²) in [6.07, 6.45) is 15.4. The van der Waals surface area contributed by atoms with Gasteiger partial charge in [-0.05, 0) is 24.6 Å². The molecule has 0 amide bonds. The van der Waals surface area contributed by atoms with Crippen molar-refractivity contribution in [2.75, 3.05) is 19.6 Å². The Hall–Kier alpha value is -1.54. The van der Waals surface area contributed by atoms with E-state index < -0.39 is 0 Å². The summed E-state index contributed by atoms with van der Waals surface area (Å²) in [6, 6.07) is 0. The maximum absolute atomic E-state index is 3.85. The molecule has 2 nitrogen and oxygen atoms in total. The zero-order valence-corrected chi connectivity index (χ0v) is 9.89. The molecule has 0 atom stereocenters. The van der Waals surface area contributed by atoms with Crippen molar-refractivity contribution in [2.24, 2.45) is 0 Å². The van der Waals surface area contributed by atoms with Crippen molar-refractivity contribution in [3.8, 4) is 0 Å². The lowest BCUT2D eigenvalue weighted by molar-refractivity contribution is -1.01. The maximum Gasteiger partial charge on any atom is 0.120 e. The second-order valence-corrected chi connectivity index (χ2v) is 3.89. The summed E-state index contributed by atoms with van der Waals surface area (Å²) in [5.74, 6) is 0. The molecule has 2 heteroatoms. The summed E-state index contributed by atoms with van der Waals surface area (Å²) in [6.45, 7) is 14.1. The summed E-state index contributed by atoms with van der Waals surface area (Å²) in [5.41, 5.74) is 0. The molecule has 0 spiro atoms. The van der Waals surface area contributed by atoms with Crippen LogP contribution in [0.5, 0.6) is 0 Å². The van der Waals surface area contributed by atoms with Gasteiger partial charge in [-0.2, -0.15) is 0 Å². The van der Waals surface area contributed by atoms with Crippen LogP contribution in [-0.2, 0) is 0 Å². The number of hydrogen-bond acceptors (Lipinski definition) is 1. The van der Waals surface area contributed by atoms with E-state index in [0.717, 1.165) is 30.6 Å². The van der Waals surface area contributed by atoms with Crippen LogP contribution in [0.15, 0.2) is 62.5 Å². The van der Waals surface area contributed by atoms with Crippen LogP contribution in [0.1, 0.15) is 6.42 Å². The number of quaternary nitrogens is 1. The van der Waals surface area contributed by atoms with E-state index in [1.54, 1.807) is 0 Å². The van der Waals surface area contributed by atoms with E-state index in [2.05, 4.69) is 49.3 Å². The Bertz CT molecular complexity index is 274. The first-order chi connectivity index (χ1) is 7.79. The summed E-state index contributed by atoms with van der Waals surface area (Å²) in [5, 5.41) is 2.20. The van der Waals surface area contributed by atoms with Crippen molar-refractivity contribution in [1.82, 2.24) is 5.01 Å². The third-order valence-corrected chi connectivity index (χ3v) is 2.69. The van der Waals surface area contributed by atoms with Crippen molar-refractivity contribution >= 4 is 0 Å². The summed E-state index contributed by atoms with van der Waals surface area (Å²) in [7, 11) is 0. The monoisotopic (exact) mass is 217 g/mol. The molecule has 0 aromatic rings. The van der Waals surface area contributed by atoms with Crippen molar-refractivity contribution in [3.63, 3.8) is 0 Å². The van der Waals surface area contributed by atoms with Crippen LogP contribution in [0, 0.1) is 0 Å². The molecule has 1 heterocycles. The van der Waals surface area contributed by atoms with Crippen LogP contribution in [0.2, 0.25) is 0 Å². The van der Waals surface area contributed by atoms with E-state index in [1.165, 1.54) is 0 Å². The largest absolute Gasteiger partial charge is 0.207 e. The van der Waals surface area contributed by atoms with Gasteiger partial charge in [0.2, 0.25) is 0 Å². The molecule has 0 N–H and O–H groups in total. The number of allylic oxidation sites excluding steroid dienone is 2. The Morgan fingerprint density at radius 3 is 1.75 bits per heavy atom. The van der Waals surface area contributed by atoms with Gasteiger partial charge in [0.25, 0.3) is 0 Å². The van der Waals surface area contributed by atoms with E-state index in [-0.39, 0.29) is 0 Å². The first kappa shape index (κ1) is 12.5. The molecule has 1 aliphatic heterocycles. The molecule has 0 aromatic heterocycles. The van der Waals surface area contributed by atoms with Gasteiger partial charge in [-0.3, -0.25) is 0 Å². The van der Waals surface area contributed by atoms with Gasteiger partial charge in [-0.1, -0.05) is 31.9 Å². The zero-order valence-electron chi connectivity index (χ0n) is 9.89. The topological polar surface area (TPSA) is 3.24 Å². The lowest BCUT2D eigenvalue weighted by atomic mass is 10.3. The normalized spacial score (nSPS) is 14.9. The lowest BCUT2D eigenvalue weighted by Gasteiger charge is -2.42. The average molecular weight is 217 g/mol. The van der Waals surface area contributed by atoms with Gasteiger partial charge in [0, 0.05) is 0 Å². The van der Waals surface area contributed by atoms with Gasteiger partial charge in [-0.25, -0.2) is 9.60 Å². The highest BCUT2D eigenvalue weighted by Gasteiger charge is 2.29. The van der Waals surface area contributed by atoms with Gasteiger partial charge in [0.05, 0.1) is 12.4 Å². The van der Waals surface area contributed by atoms with Crippen molar-refractivity contribution < 1.29 is 4.59 Å². The Morgan fingerprint density at radius 1 is 0.938 bits per heavy atom. The zero-order chi connectivity index (χ0) is 11.9. The summed E-state index contributed by atoms with van der Waals surface area (Å²) < 4.78 is 0.753. The fraction of sp³-hybridized carbons (Fsp3) is 0.286. The Morgan fingerprint density at radius 2 is 1.38 bits per heavy atom. The molecular weight excluding hydrogens is 196 g/mol.